The number of likely N-dealkylation sites (tertiary alicyclic amines) is 1. The molecule has 51 heavy (non-hydrogen) atoms. The molecule has 0 aromatic heterocycles. The topological polar surface area (TPSA) is 153 Å². The standard InChI is InChI=1S/C38H51ClN4O8/c1-20(44)33(46)27(13-21-7-8-21)40-35(47)29-18-38(17-28(42-51-38)25-15-26(39)31(50-6)16-30(25)49-5)19-43(29)36(48)34(37(2,3)4)41-32(45)14-24-12-22-9-10-23(24)11-22/h15-16,21-24,27,29,34H,7-14,17-19H2,1-6H3,(H,40,47)(H,41,45)/t22?,23?,24?,27-,29-,34+,38+/m0/s1. The molecule has 13 heteroatoms. The van der Waals surface area contributed by atoms with Crippen LogP contribution in [0, 0.1) is 29.1 Å². The SMILES string of the molecule is COc1cc(OC)c(C2=NO[C@]3(C2)C[C@@H](C(=O)N[C@@H](CC2CC2)C(=O)C(C)=O)N(C(=O)[C@@H](NC(=O)CC2CC4CCC2C4)C(C)(C)C)C3)cc1Cl. The van der Waals surface area contributed by atoms with Gasteiger partial charge in [0, 0.05) is 37.8 Å². The minimum absolute atomic E-state index is 0.00585. The van der Waals surface area contributed by atoms with Crippen LogP contribution >= 0.6 is 11.6 Å². The summed E-state index contributed by atoms with van der Waals surface area (Å²) >= 11 is 6.48. The van der Waals surface area contributed by atoms with Gasteiger partial charge in [-0.3, -0.25) is 24.0 Å². The summed E-state index contributed by atoms with van der Waals surface area (Å²) in [5, 5.41) is 10.7. The van der Waals surface area contributed by atoms with Crippen LogP contribution in [-0.4, -0.2) is 84.4 Å². The Labute approximate surface area is 304 Å². The molecule has 1 aromatic rings. The van der Waals surface area contributed by atoms with Crippen LogP contribution in [0.15, 0.2) is 17.3 Å². The largest absolute Gasteiger partial charge is 0.496 e. The van der Waals surface area contributed by atoms with Crippen molar-refractivity contribution in [2.75, 3.05) is 20.8 Å². The highest BCUT2D eigenvalue weighted by Crippen LogP contribution is 2.49. The van der Waals surface area contributed by atoms with Gasteiger partial charge in [0.15, 0.2) is 11.4 Å². The van der Waals surface area contributed by atoms with Gasteiger partial charge in [0.2, 0.25) is 23.5 Å². The molecule has 1 aromatic carbocycles. The van der Waals surface area contributed by atoms with E-state index in [2.05, 4.69) is 15.8 Å². The number of benzene rings is 1. The predicted molar refractivity (Wildman–Crippen MR) is 190 cm³/mol. The molecule has 6 rings (SSSR count). The summed E-state index contributed by atoms with van der Waals surface area (Å²) < 4.78 is 11.0. The first-order chi connectivity index (χ1) is 24.1. The molecule has 3 saturated carbocycles. The monoisotopic (exact) mass is 726 g/mol. The minimum Gasteiger partial charge on any atom is -0.496 e. The zero-order valence-corrected chi connectivity index (χ0v) is 31.3. The van der Waals surface area contributed by atoms with Gasteiger partial charge in [-0.2, -0.15) is 0 Å². The van der Waals surface area contributed by atoms with Crippen LogP contribution in [0.2, 0.25) is 5.02 Å². The number of hydrogen-bond acceptors (Lipinski definition) is 9. The van der Waals surface area contributed by atoms with E-state index >= 15 is 0 Å². The quantitative estimate of drug-likeness (QED) is 0.280. The maximum absolute atomic E-state index is 14.7. The number of nitrogens with one attached hydrogen (secondary N) is 2. The number of rotatable bonds is 13. The Balaban J connectivity index is 1.26. The molecule has 3 amide bonds. The summed E-state index contributed by atoms with van der Waals surface area (Å²) in [6.07, 6.45) is 7.51. The molecular weight excluding hydrogens is 676 g/mol. The fraction of sp³-hybridized carbons (Fsp3) is 0.684. The summed E-state index contributed by atoms with van der Waals surface area (Å²) in [5.74, 6) is 0.291. The Hall–Kier alpha value is -3.67. The van der Waals surface area contributed by atoms with Crippen molar-refractivity contribution in [3.8, 4) is 11.5 Å². The van der Waals surface area contributed by atoms with Gasteiger partial charge >= 0.3 is 0 Å². The third kappa shape index (κ3) is 7.90. The highest BCUT2D eigenvalue weighted by molar-refractivity contribution is 6.38. The van der Waals surface area contributed by atoms with E-state index in [9.17, 15) is 24.0 Å². The van der Waals surface area contributed by atoms with E-state index in [0.29, 0.717) is 58.4 Å². The average Bonchev–Trinajstić information content (AvgIpc) is 3.40. The van der Waals surface area contributed by atoms with Crippen molar-refractivity contribution in [2.24, 2.45) is 34.2 Å². The average molecular weight is 727 g/mol. The van der Waals surface area contributed by atoms with E-state index in [1.54, 1.807) is 12.1 Å². The molecule has 2 bridgehead atoms. The van der Waals surface area contributed by atoms with Crippen LogP contribution in [0.4, 0.5) is 0 Å². The predicted octanol–water partition coefficient (Wildman–Crippen LogP) is 4.62. The van der Waals surface area contributed by atoms with Crippen molar-refractivity contribution in [1.29, 1.82) is 0 Å². The molecule has 1 spiro atoms. The van der Waals surface area contributed by atoms with E-state index in [0.717, 1.165) is 25.7 Å². The van der Waals surface area contributed by atoms with E-state index in [-0.39, 0.29) is 31.2 Å². The smallest absolute Gasteiger partial charge is 0.246 e. The molecule has 4 fully saturated rings. The van der Waals surface area contributed by atoms with E-state index in [4.69, 9.17) is 25.9 Å². The lowest BCUT2D eigenvalue weighted by atomic mass is 9.84. The number of amides is 3. The van der Waals surface area contributed by atoms with Gasteiger partial charge in [0.1, 0.15) is 23.6 Å². The van der Waals surface area contributed by atoms with Crippen molar-refractivity contribution in [2.45, 2.75) is 116 Å². The van der Waals surface area contributed by atoms with Gasteiger partial charge in [-0.05, 0) is 60.8 Å². The normalized spacial score (nSPS) is 27.8. The minimum atomic E-state index is -1.09. The number of ether oxygens (including phenoxy) is 2. The van der Waals surface area contributed by atoms with Crippen LogP contribution in [0.3, 0.4) is 0 Å². The van der Waals surface area contributed by atoms with Gasteiger partial charge in [0.25, 0.3) is 0 Å². The van der Waals surface area contributed by atoms with Crippen molar-refractivity contribution in [3.63, 3.8) is 0 Å². The van der Waals surface area contributed by atoms with Crippen LogP contribution in [0.1, 0.15) is 97.5 Å². The molecule has 7 atom stereocenters. The fourth-order valence-electron chi connectivity index (χ4n) is 8.69. The summed E-state index contributed by atoms with van der Waals surface area (Å²) in [5.41, 5.74) is -0.670. The van der Waals surface area contributed by atoms with E-state index < -0.39 is 52.5 Å². The number of ketones is 2. The van der Waals surface area contributed by atoms with E-state index in [1.165, 1.54) is 38.9 Å². The summed E-state index contributed by atoms with van der Waals surface area (Å²) in [7, 11) is 3.03. The number of oxime groups is 1. The zero-order chi connectivity index (χ0) is 36.8. The molecule has 5 aliphatic rings. The maximum atomic E-state index is 14.7. The second-order valence-corrected chi connectivity index (χ2v) is 16.9. The van der Waals surface area contributed by atoms with Crippen LogP contribution in [0.5, 0.6) is 11.5 Å². The molecule has 3 unspecified atom stereocenters. The second-order valence-electron chi connectivity index (χ2n) is 16.5. The molecule has 0 radical (unpaired) electrons. The third-order valence-corrected chi connectivity index (χ3v) is 11.9. The third-order valence-electron chi connectivity index (χ3n) is 11.6. The van der Waals surface area contributed by atoms with Crippen molar-refractivity contribution < 1.29 is 38.3 Å². The van der Waals surface area contributed by atoms with Crippen molar-refractivity contribution >= 4 is 46.6 Å². The molecule has 278 valence electrons. The van der Waals surface area contributed by atoms with Gasteiger partial charge in [-0.25, -0.2) is 0 Å². The highest BCUT2D eigenvalue weighted by atomic mass is 35.5. The number of carbonyl (C=O) groups excluding carboxylic acids is 5. The molecule has 2 N–H and O–H groups in total. The number of carbonyl (C=O) groups is 5. The molecular formula is C38H51ClN4O8. The lowest BCUT2D eigenvalue weighted by Gasteiger charge is -2.36. The van der Waals surface area contributed by atoms with Crippen LogP contribution < -0.4 is 20.1 Å². The van der Waals surface area contributed by atoms with E-state index in [1.807, 2.05) is 20.8 Å². The lowest BCUT2D eigenvalue weighted by Crippen LogP contribution is -2.59. The first kappa shape index (κ1) is 37.1. The first-order valence-electron chi connectivity index (χ1n) is 18.2. The van der Waals surface area contributed by atoms with Crippen molar-refractivity contribution in [3.05, 3.63) is 22.7 Å². The zero-order valence-electron chi connectivity index (χ0n) is 30.5. The maximum Gasteiger partial charge on any atom is 0.246 e. The Morgan fingerprint density at radius 3 is 2.35 bits per heavy atom. The van der Waals surface area contributed by atoms with Crippen LogP contribution in [-0.2, 0) is 28.8 Å². The number of hydrogen-bond donors (Lipinski definition) is 2. The summed E-state index contributed by atoms with van der Waals surface area (Å²) in [6.45, 7) is 6.87. The number of Topliss-reactive ketones (excluding diaryl/α,β-unsaturated/α-hetero) is 2. The molecule has 3 aliphatic carbocycles. The Morgan fingerprint density at radius 1 is 1.04 bits per heavy atom. The molecule has 1 saturated heterocycles. The van der Waals surface area contributed by atoms with Crippen LogP contribution in [0.25, 0.3) is 0 Å². The summed E-state index contributed by atoms with van der Waals surface area (Å²) in [6, 6.07) is 0.364. The van der Waals surface area contributed by atoms with Gasteiger partial charge < -0.3 is 29.8 Å². The van der Waals surface area contributed by atoms with Gasteiger partial charge in [-0.1, -0.05) is 56.8 Å². The number of methoxy groups -OCH3 is 2. The lowest BCUT2D eigenvalue weighted by molar-refractivity contribution is -0.145. The fourth-order valence-corrected chi connectivity index (χ4v) is 8.93. The molecule has 12 nitrogen and oxygen atoms in total. The first-order valence-corrected chi connectivity index (χ1v) is 18.6. The van der Waals surface area contributed by atoms with Crippen molar-refractivity contribution in [1.82, 2.24) is 15.5 Å². The number of nitrogens with zero attached hydrogens (tertiary/aromatic N) is 2. The second kappa shape index (κ2) is 14.4. The Morgan fingerprint density at radius 2 is 1.76 bits per heavy atom. The Bertz CT molecular complexity index is 1620. The molecule has 2 heterocycles. The molecule has 2 aliphatic heterocycles. The van der Waals surface area contributed by atoms with Gasteiger partial charge in [-0.15, -0.1) is 0 Å². The Kier molecular flexibility index (Phi) is 10.5. The highest BCUT2D eigenvalue weighted by Gasteiger charge is 2.56. The summed E-state index contributed by atoms with van der Waals surface area (Å²) in [4.78, 5) is 75.1. The number of halogens is 1. The number of fused-ring (bicyclic) bond motifs is 2. The van der Waals surface area contributed by atoms with Gasteiger partial charge in [0.05, 0.1) is 37.5 Å².